The number of nitrogens with zero attached hydrogens (tertiary/aromatic N) is 3. The molecular formula is C19H14FN3O3. The molecule has 1 aliphatic heterocycles. The number of benzene rings is 2. The summed E-state index contributed by atoms with van der Waals surface area (Å²) in [6.07, 6.45) is 2.01. The van der Waals surface area contributed by atoms with Gasteiger partial charge in [0.05, 0.1) is 15.7 Å². The number of halogens is 1. The third-order valence-corrected chi connectivity index (χ3v) is 4.67. The van der Waals surface area contributed by atoms with E-state index in [2.05, 4.69) is 4.98 Å². The van der Waals surface area contributed by atoms with Crippen molar-refractivity contribution < 1.29 is 14.1 Å². The van der Waals surface area contributed by atoms with Crippen molar-refractivity contribution in [2.45, 2.75) is 13.0 Å². The van der Waals surface area contributed by atoms with Gasteiger partial charge < -0.3 is 4.90 Å². The number of hydrogen-bond donors (Lipinski definition) is 0. The van der Waals surface area contributed by atoms with Gasteiger partial charge in [0.25, 0.3) is 11.6 Å². The molecule has 0 saturated carbocycles. The number of nitro groups is 1. The summed E-state index contributed by atoms with van der Waals surface area (Å²) in [6, 6.07) is 11.3. The maximum Gasteiger partial charge on any atom is 0.277 e. The van der Waals surface area contributed by atoms with E-state index in [1.165, 1.54) is 17.8 Å². The van der Waals surface area contributed by atoms with Crippen LogP contribution in [-0.2, 0) is 13.0 Å². The van der Waals surface area contributed by atoms with Gasteiger partial charge in [-0.2, -0.15) is 0 Å². The summed E-state index contributed by atoms with van der Waals surface area (Å²) in [4.78, 5) is 29.3. The van der Waals surface area contributed by atoms with E-state index < -0.39 is 16.6 Å². The van der Waals surface area contributed by atoms with E-state index >= 15 is 0 Å². The van der Waals surface area contributed by atoms with Gasteiger partial charge in [0, 0.05) is 25.4 Å². The molecule has 130 valence electrons. The lowest BCUT2D eigenvalue weighted by Gasteiger charge is -2.28. The molecule has 0 atom stereocenters. The van der Waals surface area contributed by atoms with Crippen molar-refractivity contribution in [3.63, 3.8) is 0 Å². The zero-order valence-electron chi connectivity index (χ0n) is 13.7. The fraction of sp³-hybridized carbons (Fsp3) is 0.158. The Kier molecular flexibility index (Phi) is 3.84. The van der Waals surface area contributed by atoms with Gasteiger partial charge >= 0.3 is 0 Å². The third-order valence-electron chi connectivity index (χ3n) is 4.67. The number of non-ortho nitro benzene ring substituents is 1. The number of carbonyl (C=O) groups is 1. The number of pyridine rings is 1. The molecule has 0 fully saturated rings. The van der Waals surface area contributed by atoms with E-state index in [9.17, 15) is 19.3 Å². The van der Waals surface area contributed by atoms with Crippen LogP contribution in [0, 0.1) is 15.9 Å². The Morgan fingerprint density at radius 3 is 2.69 bits per heavy atom. The number of aromatic nitrogens is 1. The van der Waals surface area contributed by atoms with Crippen LogP contribution in [0.5, 0.6) is 0 Å². The van der Waals surface area contributed by atoms with Gasteiger partial charge in [0.1, 0.15) is 11.5 Å². The standard InChI is InChI=1S/C19H14FN3O3/c20-15-5-6-16(23(25)26)14-7-9-21-18(17(14)15)19(24)22-10-8-12-3-1-2-4-13(12)11-22/h1-7,9H,8,10-11H2. The lowest BCUT2D eigenvalue weighted by atomic mass is 9.99. The van der Waals surface area contributed by atoms with Gasteiger partial charge in [0.15, 0.2) is 0 Å². The first-order valence-electron chi connectivity index (χ1n) is 8.14. The van der Waals surface area contributed by atoms with Crippen LogP contribution in [0.15, 0.2) is 48.7 Å². The Labute approximate surface area is 148 Å². The second-order valence-corrected chi connectivity index (χ2v) is 6.15. The van der Waals surface area contributed by atoms with Crippen LogP contribution in [0.2, 0.25) is 0 Å². The number of amides is 1. The van der Waals surface area contributed by atoms with Crippen LogP contribution in [0.4, 0.5) is 10.1 Å². The molecule has 0 spiro atoms. The Balaban J connectivity index is 1.79. The fourth-order valence-electron chi connectivity index (χ4n) is 3.38. The Morgan fingerprint density at radius 2 is 1.92 bits per heavy atom. The maximum atomic E-state index is 14.4. The van der Waals surface area contributed by atoms with Gasteiger partial charge in [0.2, 0.25) is 0 Å². The van der Waals surface area contributed by atoms with E-state index in [0.717, 1.165) is 17.7 Å². The molecule has 1 aliphatic rings. The first-order valence-corrected chi connectivity index (χ1v) is 8.14. The summed E-state index contributed by atoms with van der Waals surface area (Å²) in [5.41, 5.74) is 1.88. The lowest BCUT2D eigenvalue weighted by Crippen LogP contribution is -2.36. The van der Waals surface area contributed by atoms with Crippen LogP contribution in [0.1, 0.15) is 21.6 Å². The second kappa shape index (κ2) is 6.18. The minimum Gasteiger partial charge on any atom is -0.333 e. The smallest absolute Gasteiger partial charge is 0.277 e. The average molecular weight is 351 g/mol. The van der Waals surface area contributed by atoms with E-state index in [0.29, 0.717) is 19.5 Å². The van der Waals surface area contributed by atoms with Gasteiger partial charge in [-0.05, 0) is 29.7 Å². The number of rotatable bonds is 2. The topological polar surface area (TPSA) is 76.3 Å². The monoisotopic (exact) mass is 351 g/mol. The Morgan fingerprint density at radius 1 is 1.15 bits per heavy atom. The SMILES string of the molecule is O=C(c1nccc2c([N+](=O)[O-])ccc(F)c12)N1CCc2ccccc2C1. The Bertz CT molecular complexity index is 1050. The molecule has 0 unspecified atom stereocenters. The summed E-state index contributed by atoms with van der Waals surface area (Å²) < 4.78 is 14.4. The minimum absolute atomic E-state index is 0.0748. The van der Waals surface area contributed by atoms with Crippen molar-refractivity contribution in [1.82, 2.24) is 9.88 Å². The first-order chi connectivity index (χ1) is 12.6. The molecule has 4 rings (SSSR count). The van der Waals surface area contributed by atoms with E-state index in [-0.39, 0.29) is 22.2 Å². The van der Waals surface area contributed by atoms with Crippen LogP contribution in [0.3, 0.4) is 0 Å². The fourth-order valence-corrected chi connectivity index (χ4v) is 3.38. The van der Waals surface area contributed by atoms with Crippen molar-refractivity contribution in [3.05, 3.63) is 81.4 Å². The van der Waals surface area contributed by atoms with Gasteiger partial charge in [-0.3, -0.25) is 19.9 Å². The van der Waals surface area contributed by atoms with E-state index in [1.807, 2.05) is 24.3 Å². The van der Waals surface area contributed by atoms with Gasteiger partial charge in [-0.15, -0.1) is 0 Å². The summed E-state index contributed by atoms with van der Waals surface area (Å²) >= 11 is 0. The number of hydrogen-bond acceptors (Lipinski definition) is 4. The predicted molar refractivity (Wildman–Crippen MR) is 93.2 cm³/mol. The summed E-state index contributed by atoms with van der Waals surface area (Å²) in [5.74, 6) is -1.12. The van der Waals surface area contributed by atoms with Crippen molar-refractivity contribution >= 4 is 22.4 Å². The predicted octanol–water partition coefficient (Wildman–Crippen LogP) is 3.48. The number of carbonyl (C=O) groups excluding carboxylic acids is 1. The maximum absolute atomic E-state index is 14.4. The third kappa shape index (κ3) is 2.57. The first kappa shape index (κ1) is 16.1. The normalized spacial score (nSPS) is 13.5. The summed E-state index contributed by atoms with van der Waals surface area (Å²) in [5, 5.41) is 11.2. The highest BCUT2D eigenvalue weighted by Crippen LogP contribution is 2.30. The molecule has 26 heavy (non-hydrogen) atoms. The average Bonchev–Trinajstić information content (AvgIpc) is 2.66. The highest BCUT2D eigenvalue weighted by atomic mass is 19.1. The minimum atomic E-state index is -0.695. The van der Waals surface area contributed by atoms with Crippen LogP contribution in [-0.4, -0.2) is 27.3 Å². The molecule has 3 aromatic rings. The van der Waals surface area contributed by atoms with E-state index in [1.54, 1.807) is 4.90 Å². The molecule has 6 nitrogen and oxygen atoms in total. The van der Waals surface area contributed by atoms with Crippen LogP contribution in [0.25, 0.3) is 10.8 Å². The molecule has 1 aromatic heterocycles. The van der Waals surface area contributed by atoms with Crippen LogP contribution < -0.4 is 0 Å². The van der Waals surface area contributed by atoms with E-state index in [4.69, 9.17) is 0 Å². The molecule has 0 N–H and O–H groups in total. The highest BCUT2D eigenvalue weighted by molar-refractivity contribution is 6.07. The summed E-state index contributed by atoms with van der Waals surface area (Å²) in [7, 11) is 0. The van der Waals surface area contributed by atoms with Gasteiger partial charge in [-0.1, -0.05) is 24.3 Å². The second-order valence-electron chi connectivity index (χ2n) is 6.15. The van der Waals surface area contributed by atoms with Crippen molar-refractivity contribution in [2.75, 3.05) is 6.54 Å². The Hall–Kier alpha value is -3.35. The molecule has 0 bridgehead atoms. The molecule has 0 aliphatic carbocycles. The van der Waals surface area contributed by atoms with Gasteiger partial charge in [-0.25, -0.2) is 4.39 Å². The zero-order valence-corrected chi connectivity index (χ0v) is 13.7. The molecular weight excluding hydrogens is 337 g/mol. The quantitative estimate of drug-likeness (QED) is 0.523. The molecule has 1 amide bonds. The number of fused-ring (bicyclic) bond motifs is 2. The largest absolute Gasteiger partial charge is 0.333 e. The van der Waals surface area contributed by atoms with Crippen LogP contribution >= 0.6 is 0 Å². The summed E-state index contributed by atoms with van der Waals surface area (Å²) in [6.45, 7) is 0.897. The molecule has 2 aromatic carbocycles. The molecule has 0 radical (unpaired) electrons. The molecule has 0 saturated heterocycles. The molecule has 7 heteroatoms. The zero-order chi connectivity index (χ0) is 18.3. The number of nitro benzene ring substituents is 1. The van der Waals surface area contributed by atoms with Crippen molar-refractivity contribution in [2.24, 2.45) is 0 Å². The highest BCUT2D eigenvalue weighted by Gasteiger charge is 2.27. The molecule has 2 heterocycles. The van der Waals surface area contributed by atoms with Crippen molar-refractivity contribution in [1.29, 1.82) is 0 Å². The van der Waals surface area contributed by atoms with Crippen molar-refractivity contribution in [3.8, 4) is 0 Å². The lowest BCUT2D eigenvalue weighted by molar-refractivity contribution is -0.383.